The molecular formula is C21H41N3O4Si2. The molecule has 172 valence electrons. The molecule has 1 saturated heterocycles. The van der Waals surface area contributed by atoms with Crippen LogP contribution >= 0.6 is 0 Å². The van der Waals surface area contributed by atoms with Gasteiger partial charge in [0.15, 0.2) is 16.6 Å². The molecule has 30 heavy (non-hydrogen) atoms. The number of nitrogens with two attached hydrogens (primary N) is 1. The molecule has 2 heterocycles. The summed E-state index contributed by atoms with van der Waals surface area (Å²) >= 11 is 0. The lowest BCUT2D eigenvalue weighted by molar-refractivity contribution is -0.0411. The van der Waals surface area contributed by atoms with Crippen LogP contribution in [0.1, 0.15) is 54.2 Å². The molecule has 2 rings (SSSR count). The molecule has 0 spiro atoms. The first-order valence-corrected chi connectivity index (χ1v) is 16.6. The molecule has 1 aromatic heterocycles. The van der Waals surface area contributed by atoms with Gasteiger partial charge in [-0.25, -0.2) is 4.79 Å². The predicted octanol–water partition coefficient (Wildman–Crippen LogP) is 4.53. The summed E-state index contributed by atoms with van der Waals surface area (Å²) in [6.07, 6.45) is 1.43. The Hall–Kier alpha value is -1.01. The molecular weight excluding hydrogens is 415 g/mol. The number of rotatable bonds is 6. The fourth-order valence-corrected chi connectivity index (χ4v) is 5.22. The van der Waals surface area contributed by atoms with Crippen LogP contribution in [0.5, 0.6) is 0 Å². The van der Waals surface area contributed by atoms with Crippen LogP contribution in [0, 0.1) is 0 Å². The molecule has 0 bridgehead atoms. The van der Waals surface area contributed by atoms with Crippen LogP contribution < -0.4 is 11.4 Å². The topological polar surface area (TPSA) is 88.6 Å². The highest BCUT2D eigenvalue weighted by Gasteiger charge is 2.46. The van der Waals surface area contributed by atoms with E-state index in [1.54, 1.807) is 12.3 Å². The van der Waals surface area contributed by atoms with Crippen molar-refractivity contribution in [2.75, 3.05) is 12.3 Å². The summed E-state index contributed by atoms with van der Waals surface area (Å²) in [6, 6.07) is 1.62. The molecule has 1 aliphatic rings. The SMILES string of the molecule is CC(C)(C)[Si](C)(C)OC[C@H]1O[C@@H](n2ccc([15NH2])nc2=O)C[C@@H]1O[Si](C)(C)C(C)(C)C. The van der Waals surface area contributed by atoms with Crippen molar-refractivity contribution in [3.63, 3.8) is 0 Å². The van der Waals surface area contributed by atoms with Gasteiger partial charge in [-0.15, -0.1) is 0 Å². The highest BCUT2D eigenvalue weighted by molar-refractivity contribution is 6.74. The fraction of sp³-hybridized carbons (Fsp3) is 0.810. The third kappa shape index (κ3) is 5.61. The molecule has 0 amide bonds. The van der Waals surface area contributed by atoms with Gasteiger partial charge in [0.1, 0.15) is 18.1 Å². The summed E-state index contributed by atoms with van der Waals surface area (Å²) in [5.41, 5.74) is 5.24. The zero-order valence-electron chi connectivity index (χ0n) is 20.4. The molecule has 7 nitrogen and oxygen atoms in total. The first-order valence-electron chi connectivity index (χ1n) is 10.8. The van der Waals surface area contributed by atoms with Gasteiger partial charge in [0, 0.05) is 12.6 Å². The van der Waals surface area contributed by atoms with Gasteiger partial charge in [0.25, 0.3) is 0 Å². The zero-order valence-corrected chi connectivity index (χ0v) is 22.4. The molecule has 1 fully saturated rings. The number of nitrogen functional groups attached to an aromatic ring is 1. The maximum Gasteiger partial charge on any atom is 0.351 e. The van der Waals surface area contributed by atoms with Gasteiger partial charge in [-0.3, -0.25) is 4.57 Å². The van der Waals surface area contributed by atoms with Crippen molar-refractivity contribution in [2.24, 2.45) is 0 Å². The maximum atomic E-state index is 12.4. The van der Waals surface area contributed by atoms with E-state index in [2.05, 4.69) is 72.7 Å². The fourth-order valence-electron chi connectivity index (χ4n) is 2.85. The van der Waals surface area contributed by atoms with Gasteiger partial charge in [-0.05, 0) is 42.3 Å². The Labute approximate surface area is 183 Å². The number of aromatic nitrogens is 2. The maximum absolute atomic E-state index is 12.4. The van der Waals surface area contributed by atoms with E-state index in [1.165, 1.54) is 4.57 Å². The Kier molecular flexibility index (Phi) is 7.15. The highest BCUT2D eigenvalue weighted by atomic mass is 28.4. The van der Waals surface area contributed by atoms with E-state index in [0.717, 1.165) is 0 Å². The first kappa shape index (κ1) is 25.3. The number of hydrogen-bond donors (Lipinski definition) is 1. The van der Waals surface area contributed by atoms with Gasteiger partial charge in [0.05, 0.1) is 12.7 Å². The van der Waals surface area contributed by atoms with Gasteiger partial charge >= 0.3 is 5.69 Å². The van der Waals surface area contributed by atoms with Crippen molar-refractivity contribution >= 4 is 22.5 Å². The number of hydrogen-bond acceptors (Lipinski definition) is 6. The monoisotopic (exact) mass is 456 g/mol. The third-order valence-electron chi connectivity index (χ3n) is 7.01. The second-order valence-corrected chi connectivity index (χ2v) is 21.0. The van der Waals surface area contributed by atoms with Crippen LogP contribution in [0.2, 0.25) is 36.3 Å². The number of ether oxygens (including phenoxy) is 1. The Morgan fingerprint density at radius 2 is 1.70 bits per heavy atom. The quantitative estimate of drug-likeness (QED) is 0.500. The molecule has 0 radical (unpaired) electrons. The van der Waals surface area contributed by atoms with Crippen molar-refractivity contribution in [1.82, 2.24) is 9.55 Å². The summed E-state index contributed by atoms with van der Waals surface area (Å²) in [4.78, 5) is 16.2. The van der Waals surface area contributed by atoms with Crippen molar-refractivity contribution < 1.29 is 13.6 Å². The summed E-state index contributed by atoms with van der Waals surface area (Å²) in [5, 5.41) is 0.189. The molecule has 9 heteroatoms. The van der Waals surface area contributed by atoms with Crippen LogP contribution in [0.15, 0.2) is 17.1 Å². The van der Waals surface area contributed by atoms with E-state index >= 15 is 0 Å². The van der Waals surface area contributed by atoms with E-state index < -0.39 is 28.6 Å². The summed E-state index contributed by atoms with van der Waals surface area (Å²) in [7, 11) is -3.96. The summed E-state index contributed by atoms with van der Waals surface area (Å²) in [5.74, 6) is 0.209. The molecule has 0 aromatic carbocycles. The highest BCUT2D eigenvalue weighted by Crippen LogP contribution is 2.42. The van der Waals surface area contributed by atoms with Gasteiger partial charge in [-0.1, -0.05) is 41.5 Å². The van der Waals surface area contributed by atoms with Crippen LogP contribution in [-0.2, 0) is 13.6 Å². The molecule has 0 aliphatic carbocycles. The van der Waals surface area contributed by atoms with Crippen LogP contribution in [-0.4, -0.2) is 45.0 Å². The lowest BCUT2D eigenvalue weighted by Crippen LogP contribution is -2.48. The standard InChI is InChI=1S/C21H41N3O4Si2/c1-20(2,3)29(7,8)26-14-16-15(28-30(9,10)21(4,5)6)13-18(27-16)24-12-11-17(22)23-19(24)25/h11-12,15-16,18H,13-14H2,1-10H3,(H2,22,23,25)/t15-,16+,18+/m0/s1/i22+1. The Morgan fingerprint density at radius 1 is 1.13 bits per heavy atom. The van der Waals surface area contributed by atoms with Gasteiger partial charge in [-0.2, -0.15) is 4.98 Å². The Bertz CT molecular complexity index is 797. The van der Waals surface area contributed by atoms with Gasteiger partial charge in [0.2, 0.25) is 0 Å². The Morgan fingerprint density at radius 3 is 2.20 bits per heavy atom. The minimum Gasteiger partial charge on any atom is -0.414 e. The number of nitrogens with zero attached hydrogens (tertiary/aromatic N) is 2. The average Bonchev–Trinajstić information content (AvgIpc) is 2.92. The van der Waals surface area contributed by atoms with E-state index in [1.807, 2.05) is 0 Å². The normalized spacial score (nSPS) is 23.7. The third-order valence-corrected chi connectivity index (χ3v) is 16.0. The van der Waals surface area contributed by atoms with Crippen molar-refractivity contribution in [3.05, 3.63) is 22.7 Å². The predicted molar refractivity (Wildman–Crippen MR) is 127 cm³/mol. The van der Waals surface area contributed by atoms with E-state index in [-0.39, 0.29) is 28.1 Å². The van der Waals surface area contributed by atoms with Crippen molar-refractivity contribution in [3.8, 4) is 0 Å². The molecule has 1 aliphatic heterocycles. The van der Waals surface area contributed by atoms with Crippen LogP contribution in [0.25, 0.3) is 0 Å². The zero-order chi connectivity index (χ0) is 23.1. The molecule has 1 aromatic rings. The van der Waals surface area contributed by atoms with Gasteiger partial charge < -0.3 is 19.3 Å². The summed E-state index contributed by atoms with van der Waals surface area (Å²) in [6.45, 7) is 22.7. The molecule has 0 unspecified atom stereocenters. The largest absolute Gasteiger partial charge is 0.414 e. The number of anilines is 1. The Balaban J connectivity index is 2.27. The first-order chi connectivity index (χ1) is 13.4. The second kappa shape index (κ2) is 8.50. The van der Waals surface area contributed by atoms with Crippen molar-refractivity contribution in [1.29, 1.82) is 0 Å². The second-order valence-electron chi connectivity index (χ2n) is 11.4. The molecule has 0 saturated carbocycles. The minimum absolute atomic E-state index is 0.0789. The van der Waals surface area contributed by atoms with E-state index in [9.17, 15) is 4.79 Å². The average molecular weight is 457 g/mol. The van der Waals surface area contributed by atoms with E-state index in [4.69, 9.17) is 19.3 Å². The lowest BCUT2D eigenvalue weighted by Gasteiger charge is -2.40. The smallest absolute Gasteiger partial charge is 0.351 e. The lowest BCUT2D eigenvalue weighted by atomic mass is 10.2. The minimum atomic E-state index is -2.02. The van der Waals surface area contributed by atoms with Crippen LogP contribution in [0.3, 0.4) is 0 Å². The van der Waals surface area contributed by atoms with E-state index in [0.29, 0.717) is 13.0 Å². The van der Waals surface area contributed by atoms with Crippen LogP contribution in [0.4, 0.5) is 5.82 Å². The summed E-state index contributed by atoms with van der Waals surface area (Å²) < 4.78 is 21.0. The molecule has 2 N–H and O–H groups in total. The van der Waals surface area contributed by atoms with Crippen molar-refractivity contribution in [2.45, 2.75) is 103 Å². The molecule has 3 atom stereocenters.